The number of hydrogen-bond acceptors (Lipinski definition) is 3. The number of hydrogen-bond donors (Lipinski definition) is 2. The summed E-state index contributed by atoms with van der Waals surface area (Å²) in [6, 6.07) is 3.35. The van der Waals surface area contributed by atoms with Gasteiger partial charge in [0.05, 0.1) is 12.2 Å². The van der Waals surface area contributed by atoms with Crippen molar-refractivity contribution in [2.45, 2.75) is 25.1 Å². The van der Waals surface area contributed by atoms with Crippen molar-refractivity contribution >= 4 is 0 Å². The van der Waals surface area contributed by atoms with Gasteiger partial charge in [-0.25, -0.2) is 4.39 Å². The summed E-state index contributed by atoms with van der Waals surface area (Å²) in [4.78, 5) is 3.84. The highest BCUT2D eigenvalue weighted by Gasteiger charge is 2.27. The number of halogens is 1. The largest absolute Gasteiger partial charge is 0.393 e. The summed E-state index contributed by atoms with van der Waals surface area (Å²) in [6.45, 7) is 0.933. The number of nitrogens with zero attached hydrogens (tertiary/aromatic N) is 1. The molecule has 78 valence electrons. The van der Waals surface area contributed by atoms with Gasteiger partial charge in [0.15, 0.2) is 0 Å². The summed E-state index contributed by atoms with van der Waals surface area (Å²) < 4.78 is 12.9. The van der Waals surface area contributed by atoms with Crippen LogP contribution in [0.15, 0.2) is 24.5 Å². The quantitative estimate of drug-likeness (QED) is 0.761. The first-order valence-electron chi connectivity index (χ1n) is 4.44. The first-order valence-corrected chi connectivity index (χ1v) is 4.44. The van der Waals surface area contributed by atoms with E-state index in [0.717, 1.165) is 0 Å². The lowest BCUT2D eigenvalue weighted by Gasteiger charge is -2.24. The Morgan fingerprint density at radius 2 is 2.36 bits per heavy atom. The third-order valence-electron chi connectivity index (χ3n) is 2.10. The number of pyridine rings is 1. The first-order chi connectivity index (χ1) is 6.56. The van der Waals surface area contributed by atoms with Crippen LogP contribution in [0.1, 0.15) is 18.9 Å². The molecule has 2 N–H and O–H groups in total. The molecule has 0 fully saturated rings. The van der Waals surface area contributed by atoms with E-state index in [1.807, 2.05) is 0 Å². The third-order valence-corrected chi connectivity index (χ3v) is 2.10. The van der Waals surface area contributed by atoms with Gasteiger partial charge in [-0.1, -0.05) is 6.07 Å². The molecule has 0 aliphatic rings. The number of aliphatic hydroxyl groups excluding tert-OH is 1. The number of alkyl halides is 1. The highest BCUT2D eigenvalue weighted by molar-refractivity contribution is 5.16. The number of aliphatic hydroxyl groups is 2. The minimum atomic E-state index is -1.41. The van der Waals surface area contributed by atoms with Gasteiger partial charge in [0, 0.05) is 24.4 Å². The predicted octanol–water partition coefficient (Wildman–Crippen LogP) is 1.01. The average molecular weight is 199 g/mol. The second kappa shape index (κ2) is 4.48. The molecule has 0 saturated carbocycles. The van der Waals surface area contributed by atoms with Gasteiger partial charge in [0.1, 0.15) is 6.17 Å². The predicted molar refractivity (Wildman–Crippen MR) is 50.4 cm³/mol. The van der Waals surface area contributed by atoms with Gasteiger partial charge in [-0.3, -0.25) is 4.98 Å². The zero-order valence-corrected chi connectivity index (χ0v) is 8.02. The molecular weight excluding hydrogens is 185 g/mol. The van der Waals surface area contributed by atoms with Gasteiger partial charge >= 0.3 is 0 Å². The summed E-state index contributed by atoms with van der Waals surface area (Å²) in [5.41, 5.74) is -0.729. The van der Waals surface area contributed by atoms with Crippen molar-refractivity contribution in [3.8, 4) is 0 Å². The molecule has 2 atom stereocenters. The Morgan fingerprint density at radius 1 is 1.64 bits per heavy atom. The zero-order chi connectivity index (χ0) is 10.6. The Hall–Kier alpha value is -1.00. The second-order valence-electron chi connectivity index (χ2n) is 3.50. The number of aromatic nitrogens is 1. The van der Waals surface area contributed by atoms with Crippen LogP contribution in [0.25, 0.3) is 0 Å². The molecule has 1 aromatic rings. The van der Waals surface area contributed by atoms with Gasteiger partial charge in [-0.2, -0.15) is 0 Å². The van der Waals surface area contributed by atoms with Crippen LogP contribution >= 0.6 is 0 Å². The standard InChI is InChI=1S/C10H14FNO2/c1-10(14,5-9(11)7-13)8-3-2-4-12-6-8/h2-4,6,9,13-14H,5,7H2,1H3/t9-,10-/m1/s1. The van der Waals surface area contributed by atoms with E-state index >= 15 is 0 Å². The third kappa shape index (κ3) is 2.75. The minimum Gasteiger partial charge on any atom is -0.393 e. The fourth-order valence-corrected chi connectivity index (χ4v) is 1.30. The van der Waals surface area contributed by atoms with Crippen LogP contribution in [-0.4, -0.2) is 28.0 Å². The molecule has 4 heteroatoms. The molecular formula is C10H14FNO2. The minimum absolute atomic E-state index is 0.130. The van der Waals surface area contributed by atoms with Crippen LogP contribution in [-0.2, 0) is 5.60 Å². The van der Waals surface area contributed by atoms with E-state index in [4.69, 9.17) is 5.11 Å². The lowest BCUT2D eigenvalue weighted by atomic mass is 9.92. The molecule has 0 unspecified atom stereocenters. The van der Waals surface area contributed by atoms with Crippen molar-refractivity contribution in [3.63, 3.8) is 0 Å². The van der Waals surface area contributed by atoms with Crippen LogP contribution in [0.2, 0.25) is 0 Å². The summed E-state index contributed by atoms with van der Waals surface area (Å²) >= 11 is 0. The van der Waals surface area contributed by atoms with Crippen LogP contribution < -0.4 is 0 Å². The van der Waals surface area contributed by atoms with Crippen LogP contribution in [0, 0.1) is 0 Å². The topological polar surface area (TPSA) is 53.4 Å². The summed E-state index contributed by atoms with van der Waals surface area (Å²) in [6.07, 6.45) is 1.53. The molecule has 0 aliphatic heterocycles. The molecule has 14 heavy (non-hydrogen) atoms. The Morgan fingerprint density at radius 3 is 2.86 bits per heavy atom. The van der Waals surface area contributed by atoms with Crippen LogP contribution in [0.4, 0.5) is 4.39 Å². The van der Waals surface area contributed by atoms with Crippen molar-refractivity contribution < 1.29 is 14.6 Å². The van der Waals surface area contributed by atoms with Crippen LogP contribution in [0.3, 0.4) is 0 Å². The van der Waals surface area contributed by atoms with E-state index in [0.29, 0.717) is 5.56 Å². The number of rotatable bonds is 4. The van der Waals surface area contributed by atoms with Gasteiger partial charge in [0.25, 0.3) is 0 Å². The van der Waals surface area contributed by atoms with Gasteiger partial charge in [0.2, 0.25) is 0 Å². The smallest absolute Gasteiger partial charge is 0.126 e. The first kappa shape index (κ1) is 11.1. The summed E-state index contributed by atoms with van der Waals surface area (Å²) in [7, 11) is 0. The molecule has 0 aromatic carbocycles. The Labute approximate surface area is 82.2 Å². The molecule has 0 aliphatic carbocycles. The Bertz CT molecular complexity index is 277. The zero-order valence-electron chi connectivity index (χ0n) is 8.02. The molecule has 0 spiro atoms. The normalized spacial score (nSPS) is 17.4. The van der Waals surface area contributed by atoms with Gasteiger partial charge < -0.3 is 10.2 Å². The van der Waals surface area contributed by atoms with Crippen molar-refractivity contribution in [1.29, 1.82) is 0 Å². The summed E-state index contributed by atoms with van der Waals surface area (Å²) in [5, 5.41) is 18.4. The second-order valence-corrected chi connectivity index (χ2v) is 3.50. The van der Waals surface area contributed by atoms with E-state index in [-0.39, 0.29) is 6.42 Å². The van der Waals surface area contributed by atoms with E-state index in [1.54, 1.807) is 18.3 Å². The maximum atomic E-state index is 12.9. The molecule has 0 radical (unpaired) electrons. The van der Waals surface area contributed by atoms with E-state index in [9.17, 15) is 9.50 Å². The van der Waals surface area contributed by atoms with E-state index < -0.39 is 18.4 Å². The van der Waals surface area contributed by atoms with Gasteiger partial charge in [-0.05, 0) is 13.0 Å². The molecule has 1 aromatic heterocycles. The average Bonchev–Trinajstić information content (AvgIpc) is 2.18. The summed E-state index contributed by atoms with van der Waals surface area (Å²) in [5.74, 6) is 0. The lowest BCUT2D eigenvalue weighted by molar-refractivity contribution is 0.00954. The monoisotopic (exact) mass is 199 g/mol. The molecule has 0 bridgehead atoms. The molecule has 1 heterocycles. The van der Waals surface area contributed by atoms with E-state index in [1.165, 1.54) is 13.1 Å². The van der Waals surface area contributed by atoms with Crippen LogP contribution in [0.5, 0.6) is 0 Å². The fourth-order valence-electron chi connectivity index (χ4n) is 1.30. The highest BCUT2D eigenvalue weighted by atomic mass is 19.1. The van der Waals surface area contributed by atoms with Crippen molar-refractivity contribution in [1.82, 2.24) is 4.98 Å². The molecule has 0 saturated heterocycles. The van der Waals surface area contributed by atoms with E-state index in [2.05, 4.69) is 4.98 Å². The van der Waals surface area contributed by atoms with Crippen molar-refractivity contribution in [2.24, 2.45) is 0 Å². The Kier molecular flexibility index (Phi) is 3.55. The molecule has 3 nitrogen and oxygen atoms in total. The fraction of sp³-hybridized carbons (Fsp3) is 0.500. The van der Waals surface area contributed by atoms with Crippen molar-refractivity contribution in [2.75, 3.05) is 6.61 Å². The highest BCUT2D eigenvalue weighted by Crippen LogP contribution is 2.25. The molecule has 0 amide bonds. The SMILES string of the molecule is C[C@@](O)(C[C@@H](F)CO)c1cccnc1. The lowest BCUT2D eigenvalue weighted by Crippen LogP contribution is -2.27. The van der Waals surface area contributed by atoms with Crippen molar-refractivity contribution in [3.05, 3.63) is 30.1 Å². The maximum Gasteiger partial charge on any atom is 0.126 e. The Balaban J connectivity index is 2.75. The molecule has 1 rings (SSSR count). The maximum absolute atomic E-state index is 12.9. The van der Waals surface area contributed by atoms with Gasteiger partial charge in [-0.15, -0.1) is 0 Å².